The van der Waals surface area contributed by atoms with Crippen LogP contribution in [0.3, 0.4) is 0 Å². The molecule has 118 valence electrons. The lowest BCUT2D eigenvalue weighted by Gasteiger charge is -2.27. The molecular weight excluding hydrogens is 295 g/mol. The molecule has 0 bridgehead atoms. The molecule has 1 atom stereocenters. The Morgan fingerprint density at radius 3 is 2.86 bits per heavy atom. The molecule has 0 amide bonds. The maximum atomic E-state index is 12.8. The Morgan fingerprint density at radius 1 is 1.48 bits per heavy atom. The Balaban J connectivity index is 1.96. The van der Waals surface area contributed by atoms with Crippen molar-refractivity contribution in [2.45, 2.75) is 25.8 Å². The first-order valence-electron chi connectivity index (χ1n) is 7.07. The van der Waals surface area contributed by atoms with Crippen molar-refractivity contribution in [1.82, 2.24) is 19.9 Å². The van der Waals surface area contributed by atoms with Crippen molar-refractivity contribution in [3.63, 3.8) is 0 Å². The lowest BCUT2D eigenvalue weighted by Crippen LogP contribution is -2.33. The zero-order valence-electron chi connectivity index (χ0n) is 12.2. The van der Waals surface area contributed by atoms with Gasteiger partial charge in [-0.3, -0.25) is 4.90 Å². The summed E-state index contributed by atoms with van der Waals surface area (Å²) in [6.07, 6.45) is 9.08. The van der Waals surface area contributed by atoms with Gasteiger partial charge in [0.2, 0.25) is 0 Å². The molecule has 0 saturated heterocycles. The minimum absolute atomic E-state index is 0.176. The normalized spacial score (nSPS) is 19.3. The van der Waals surface area contributed by atoms with Crippen LogP contribution in [0.4, 0.5) is 3.89 Å². The van der Waals surface area contributed by atoms with Crippen LogP contribution in [-0.2, 0) is 23.8 Å². The topological polar surface area (TPSA) is 68.1 Å². The number of rotatable bonds is 7. The van der Waals surface area contributed by atoms with E-state index in [9.17, 15) is 12.3 Å². The third kappa shape index (κ3) is 5.92. The summed E-state index contributed by atoms with van der Waals surface area (Å²) in [5.74, 6) is 0.00418. The molecule has 2 rings (SSSR count). The Hall–Kier alpha value is -1.28. The SMILES string of the molecule is Cn1ncc(CN(CCS(=O)(=O)F)CC2CC=CCC2)n1. The van der Waals surface area contributed by atoms with Crippen LogP contribution in [0.1, 0.15) is 25.0 Å². The summed E-state index contributed by atoms with van der Waals surface area (Å²) in [6, 6.07) is 0. The minimum atomic E-state index is -4.44. The fourth-order valence-electron chi connectivity index (χ4n) is 2.55. The first-order chi connectivity index (χ1) is 9.92. The monoisotopic (exact) mass is 316 g/mol. The van der Waals surface area contributed by atoms with Crippen LogP contribution in [-0.4, -0.2) is 47.2 Å². The summed E-state index contributed by atoms with van der Waals surface area (Å²) in [5, 5.41) is 8.20. The Bertz CT molecular complexity index is 585. The first kappa shape index (κ1) is 16.1. The molecule has 1 unspecified atom stereocenters. The van der Waals surface area contributed by atoms with Gasteiger partial charge in [0.25, 0.3) is 0 Å². The minimum Gasteiger partial charge on any atom is -0.296 e. The zero-order valence-corrected chi connectivity index (χ0v) is 13.0. The van der Waals surface area contributed by atoms with Crippen LogP contribution >= 0.6 is 0 Å². The number of aryl methyl sites for hydroxylation is 1. The highest BCUT2D eigenvalue weighted by atomic mass is 32.3. The number of hydrogen-bond donors (Lipinski definition) is 0. The van der Waals surface area contributed by atoms with Gasteiger partial charge in [0.1, 0.15) is 0 Å². The van der Waals surface area contributed by atoms with Crippen molar-refractivity contribution in [2.24, 2.45) is 13.0 Å². The van der Waals surface area contributed by atoms with E-state index >= 15 is 0 Å². The quantitative estimate of drug-likeness (QED) is 0.560. The van der Waals surface area contributed by atoms with E-state index in [0.29, 0.717) is 12.5 Å². The number of allylic oxidation sites excluding steroid dienone is 2. The second-order valence-corrected chi connectivity index (χ2v) is 6.94. The van der Waals surface area contributed by atoms with Gasteiger partial charge in [-0.15, -0.1) is 3.89 Å². The number of nitrogens with zero attached hydrogens (tertiary/aromatic N) is 4. The Kier molecular flexibility index (Phi) is 5.46. The molecule has 1 aromatic heterocycles. The second kappa shape index (κ2) is 7.13. The van der Waals surface area contributed by atoms with E-state index in [1.165, 1.54) is 4.80 Å². The maximum Gasteiger partial charge on any atom is 0.303 e. The lowest BCUT2D eigenvalue weighted by molar-refractivity contribution is 0.222. The van der Waals surface area contributed by atoms with Crippen molar-refractivity contribution in [2.75, 3.05) is 18.8 Å². The maximum absolute atomic E-state index is 12.8. The van der Waals surface area contributed by atoms with Gasteiger partial charge >= 0.3 is 10.2 Å². The summed E-state index contributed by atoms with van der Waals surface area (Å²) < 4.78 is 34.3. The summed E-state index contributed by atoms with van der Waals surface area (Å²) in [5.41, 5.74) is 0.764. The fraction of sp³-hybridized carbons (Fsp3) is 0.692. The van der Waals surface area contributed by atoms with Gasteiger partial charge in [-0.1, -0.05) is 12.2 Å². The van der Waals surface area contributed by atoms with Crippen molar-refractivity contribution in [3.8, 4) is 0 Å². The van der Waals surface area contributed by atoms with E-state index in [2.05, 4.69) is 22.3 Å². The Morgan fingerprint density at radius 2 is 2.29 bits per heavy atom. The highest BCUT2D eigenvalue weighted by Gasteiger charge is 2.18. The third-order valence-electron chi connectivity index (χ3n) is 3.58. The van der Waals surface area contributed by atoms with Crippen LogP contribution < -0.4 is 0 Å². The molecule has 0 saturated carbocycles. The molecule has 1 aliphatic carbocycles. The average molecular weight is 316 g/mol. The molecule has 21 heavy (non-hydrogen) atoms. The third-order valence-corrected chi connectivity index (χ3v) is 4.25. The van der Waals surface area contributed by atoms with E-state index in [1.54, 1.807) is 13.2 Å². The van der Waals surface area contributed by atoms with Gasteiger partial charge in [-0.25, -0.2) is 0 Å². The van der Waals surface area contributed by atoms with Crippen LogP contribution in [0.2, 0.25) is 0 Å². The van der Waals surface area contributed by atoms with E-state index in [0.717, 1.165) is 31.5 Å². The zero-order chi connectivity index (χ0) is 15.3. The summed E-state index contributed by atoms with van der Waals surface area (Å²) in [7, 11) is -2.72. The smallest absolute Gasteiger partial charge is 0.296 e. The second-order valence-electron chi connectivity index (χ2n) is 5.45. The van der Waals surface area contributed by atoms with Gasteiger partial charge in [0.05, 0.1) is 17.6 Å². The predicted octanol–water partition coefficient (Wildman–Crippen LogP) is 1.27. The van der Waals surface area contributed by atoms with Gasteiger partial charge < -0.3 is 0 Å². The number of halogens is 1. The van der Waals surface area contributed by atoms with Crippen LogP contribution in [0.5, 0.6) is 0 Å². The Labute approximate surface area is 124 Å². The van der Waals surface area contributed by atoms with Crippen molar-refractivity contribution < 1.29 is 12.3 Å². The molecule has 0 aromatic carbocycles. The van der Waals surface area contributed by atoms with Crippen molar-refractivity contribution in [1.29, 1.82) is 0 Å². The molecule has 0 N–H and O–H groups in total. The lowest BCUT2D eigenvalue weighted by atomic mass is 9.94. The average Bonchev–Trinajstić information content (AvgIpc) is 2.82. The van der Waals surface area contributed by atoms with Gasteiger partial charge in [0.15, 0.2) is 0 Å². The summed E-state index contributed by atoms with van der Waals surface area (Å²) in [6.45, 7) is 1.41. The van der Waals surface area contributed by atoms with Crippen LogP contribution in [0.25, 0.3) is 0 Å². The molecule has 1 aromatic rings. The van der Waals surface area contributed by atoms with Crippen LogP contribution in [0, 0.1) is 5.92 Å². The molecule has 0 aliphatic heterocycles. The molecule has 8 heteroatoms. The predicted molar refractivity (Wildman–Crippen MR) is 77.7 cm³/mol. The van der Waals surface area contributed by atoms with E-state index < -0.39 is 16.0 Å². The highest BCUT2D eigenvalue weighted by Crippen LogP contribution is 2.20. The fourth-order valence-corrected chi connectivity index (χ4v) is 3.03. The largest absolute Gasteiger partial charge is 0.303 e. The molecule has 0 spiro atoms. The highest BCUT2D eigenvalue weighted by molar-refractivity contribution is 7.86. The number of hydrogen-bond acceptors (Lipinski definition) is 5. The molecular formula is C13H21FN4O2S. The van der Waals surface area contributed by atoms with Crippen molar-refractivity contribution >= 4 is 10.2 Å². The molecule has 1 aliphatic rings. The summed E-state index contributed by atoms with van der Waals surface area (Å²) >= 11 is 0. The van der Waals surface area contributed by atoms with Gasteiger partial charge in [-0.05, 0) is 25.2 Å². The standard InChI is InChI=1S/C13H21FN4O2S/c1-17-15-9-13(16-17)11-18(7-8-21(14,19)20)10-12-5-3-2-4-6-12/h2-3,9,12H,4-8,10-11H2,1H3. The first-order valence-corrected chi connectivity index (χ1v) is 8.62. The van der Waals surface area contributed by atoms with E-state index in [-0.39, 0.29) is 6.54 Å². The summed E-state index contributed by atoms with van der Waals surface area (Å²) in [4.78, 5) is 3.41. The molecule has 6 nitrogen and oxygen atoms in total. The van der Waals surface area contributed by atoms with Crippen molar-refractivity contribution in [3.05, 3.63) is 24.0 Å². The van der Waals surface area contributed by atoms with E-state index in [4.69, 9.17) is 0 Å². The van der Waals surface area contributed by atoms with E-state index in [1.807, 2.05) is 4.90 Å². The molecule has 0 radical (unpaired) electrons. The molecule has 0 fully saturated rings. The number of aromatic nitrogens is 3. The van der Waals surface area contributed by atoms with Crippen LogP contribution in [0.15, 0.2) is 18.3 Å². The van der Waals surface area contributed by atoms with Gasteiger partial charge in [-0.2, -0.15) is 23.4 Å². The molecule has 1 heterocycles. The van der Waals surface area contributed by atoms with Gasteiger partial charge in [0, 0.05) is 26.7 Å².